The summed E-state index contributed by atoms with van der Waals surface area (Å²) in [6, 6.07) is 13.9. The van der Waals surface area contributed by atoms with E-state index in [1.165, 1.54) is 6.08 Å². The van der Waals surface area contributed by atoms with Gasteiger partial charge < -0.3 is 9.84 Å². The van der Waals surface area contributed by atoms with Crippen LogP contribution in [0.2, 0.25) is 0 Å². The zero-order valence-electron chi connectivity index (χ0n) is 11.5. The summed E-state index contributed by atoms with van der Waals surface area (Å²) in [5.41, 5.74) is 0.845. The Morgan fingerprint density at radius 2 is 2.00 bits per heavy atom. The zero-order valence-corrected chi connectivity index (χ0v) is 11.5. The molecule has 0 aliphatic rings. The number of carbonyl (C=O) groups is 1. The van der Waals surface area contributed by atoms with E-state index in [9.17, 15) is 9.90 Å². The van der Waals surface area contributed by atoms with Crippen molar-refractivity contribution < 1.29 is 14.6 Å². The molecule has 0 aliphatic heterocycles. The smallest absolute Gasteiger partial charge is 0.330 e. The van der Waals surface area contributed by atoms with Gasteiger partial charge in [0, 0.05) is 6.08 Å². The van der Waals surface area contributed by atoms with E-state index in [1.807, 2.05) is 42.5 Å². The van der Waals surface area contributed by atoms with Crippen LogP contribution in [0.25, 0.3) is 10.8 Å². The number of fused-ring (bicyclic) bond motifs is 1. The van der Waals surface area contributed by atoms with Crippen LogP contribution in [-0.2, 0) is 9.53 Å². The van der Waals surface area contributed by atoms with Gasteiger partial charge in [0.2, 0.25) is 0 Å². The van der Waals surface area contributed by atoms with Gasteiger partial charge in [-0.1, -0.05) is 42.5 Å². The molecular formula is C17H18O3. The number of hydrogen-bond donors (Lipinski definition) is 1. The Labute approximate surface area is 118 Å². The molecule has 3 heteroatoms. The number of aliphatic hydroxyl groups excluding tert-OH is 1. The molecule has 1 N–H and O–H groups in total. The summed E-state index contributed by atoms with van der Waals surface area (Å²) >= 11 is 0. The van der Waals surface area contributed by atoms with Crippen molar-refractivity contribution in [3.05, 3.63) is 60.2 Å². The predicted octanol–water partition coefficient (Wildman–Crippen LogP) is 3.38. The van der Waals surface area contributed by atoms with E-state index in [0.717, 1.165) is 16.3 Å². The van der Waals surface area contributed by atoms with Crippen LogP contribution in [0.15, 0.2) is 54.6 Å². The lowest BCUT2D eigenvalue weighted by Gasteiger charge is -2.09. The van der Waals surface area contributed by atoms with E-state index in [-0.39, 0.29) is 5.97 Å². The van der Waals surface area contributed by atoms with E-state index < -0.39 is 6.10 Å². The van der Waals surface area contributed by atoms with E-state index in [4.69, 9.17) is 4.74 Å². The van der Waals surface area contributed by atoms with Crippen molar-refractivity contribution in [3.63, 3.8) is 0 Å². The Morgan fingerprint density at radius 3 is 2.75 bits per heavy atom. The van der Waals surface area contributed by atoms with Gasteiger partial charge in [0.25, 0.3) is 0 Å². The van der Waals surface area contributed by atoms with Crippen molar-refractivity contribution in [2.45, 2.75) is 19.4 Å². The van der Waals surface area contributed by atoms with Crippen LogP contribution in [0.5, 0.6) is 0 Å². The van der Waals surface area contributed by atoms with Gasteiger partial charge in [-0.2, -0.15) is 0 Å². The number of carbonyl (C=O) groups excluding carboxylic acids is 1. The quantitative estimate of drug-likeness (QED) is 0.669. The lowest BCUT2D eigenvalue weighted by Crippen LogP contribution is -2.00. The van der Waals surface area contributed by atoms with Crippen LogP contribution in [0.4, 0.5) is 0 Å². The average Bonchev–Trinajstić information content (AvgIpc) is 2.47. The second-order valence-electron chi connectivity index (χ2n) is 4.51. The van der Waals surface area contributed by atoms with Crippen LogP contribution in [0.3, 0.4) is 0 Å². The van der Waals surface area contributed by atoms with Crippen LogP contribution in [-0.4, -0.2) is 17.7 Å². The number of rotatable bonds is 5. The van der Waals surface area contributed by atoms with E-state index in [0.29, 0.717) is 13.0 Å². The highest BCUT2D eigenvalue weighted by atomic mass is 16.5. The third kappa shape index (κ3) is 3.68. The molecule has 2 aromatic rings. The van der Waals surface area contributed by atoms with Crippen molar-refractivity contribution in [1.29, 1.82) is 0 Å². The molecule has 0 saturated heterocycles. The summed E-state index contributed by atoms with van der Waals surface area (Å²) in [6.07, 6.45) is 2.76. The maximum absolute atomic E-state index is 11.1. The summed E-state index contributed by atoms with van der Waals surface area (Å²) < 4.78 is 4.78. The minimum atomic E-state index is -0.620. The molecule has 0 bridgehead atoms. The summed E-state index contributed by atoms with van der Waals surface area (Å²) in [5, 5.41) is 12.4. The Balaban J connectivity index is 2.03. The first-order valence-corrected chi connectivity index (χ1v) is 6.70. The molecule has 2 rings (SSSR count). The third-order valence-corrected chi connectivity index (χ3v) is 3.06. The first-order chi connectivity index (χ1) is 9.70. The normalized spacial score (nSPS) is 12.7. The molecule has 0 unspecified atom stereocenters. The predicted molar refractivity (Wildman–Crippen MR) is 79.3 cm³/mol. The van der Waals surface area contributed by atoms with Crippen molar-refractivity contribution in [1.82, 2.24) is 0 Å². The molecule has 2 aromatic carbocycles. The fraction of sp³-hybridized carbons (Fsp3) is 0.235. The topological polar surface area (TPSA) is 46.5 Å². The number of aliphatic hydroxyl groups is 1. The van der Waals surface area contributed by atoms with Gasteiger partial charge in [0.1, 0.15) is 0 Å². The second-order valence-corrected chi connectivity index (χ2v) is 4.51. The highest BCUT2D eigenvalue weighted by Gasteiger charge is 2.06. The van der Waals surface area contributed by atoms with E-state index >= 15 is 0 Å². The molecule has 0 heterocycles. The first-order valence-electron chi connectivity index (χ1n) is 6.70. The summed E-state index contributed by atoms with van der Waals surface area (Å²) in [4.78, 5) is 11.1. The van der Waals surface area contributed by atoms with Gasteiger partial charge in [-0.05, 0) is 35.7 Å². The average molecular weight is 270 g/mol. The minimum absolute atomic E-state index is 0.358. The zero-order chi connectivity index (χ0) is 14.4. The van der Waals surface area contributed by atoms with E-state index in [1.54, 1.807) is 13.0 Å². The third-order valence-electron chi connectivity index (χ3n) is 3.06. The SMILES string of the molecule is CCOC(=O)/C=C/C[C@@H](O)c1ccc2ccccc2c1. The van der Waals surface area contributed by atoms with Crippen molar-refractivity contribution in [3.8, 4) is 0 Å². The molecule has 1 atom stereocenters. The van der Waals surface area contributed by atoms with Crippen molar-refractivity contribution >= 4 is 16.7 Å². The summed E-state index contributed by atoms with van der Waals surface area (Å²) in [7, 11) is 0. The molecule has 104 valence electrons. The minimum Gasteiger partial charge on any atom is -0.463 e. The maximum atomic E-state index is 11.1. The molecule has 0 aromatic heterocycles. The molecule has 20 heavy (non-hydrogen) atoms. The van der Waals surface area contributed by atoms with Gasteiger partial charge in [-0.25, -0.2) is 4.79 Å². The van der Waals surface area contributed by atoms with Crippen LogP contribution in [0, 0.1) is 0 Å². The summed E-state index contributed by atoms with van der Waals surface area (Å²) in [5.74, 6) is -0.377. The number of benzene rings is 2. The van der Waals surface area contributed by atoms with E-state index in [2.05, 4.69) is 0 Å². The molecule has 0 saturated carbocycles. The second kappa shape index (κ2) is 6.87. The first kappa shape index (κ1) is 14.3. The van der Waals surface area contributed by atoms with Crippen LogP contribution >= 0.6 is 0 Å². The molecule has 0 radical (unpaired) electrons. The fourth-order valence-corrected chi connectivity index (χ4v) is 2.03. The van der Waals surface area contributed by atoms with Crippen molar-refractivity contribution in [2.24, 2.45) is 0 Å². The van der Waals surface area contributed by atoms with Gasteiger partial charge in [0.05, 0.1) is 12.7 Å². The Bertz CT molecular complexity index is 616. The highest BCUT2D eigenvalue weighted by Crippen LogP contribution is 2.22. The van der Waals surface area contributed by atoms with Crippen LogP contribution < -0.4 is 0 Å². The lowest BCUT2D eigenvalue weighted by molar-refractivity contribution is -0.137. The Kier molecular flexibility index (Phi) is 4.91. The monoisotopic (exact) mass is 270 g/mol. The molecule has 0 aliphatic carbocycles. The molecule has 3 nitrogen and oxygen atoms in total. The fourth-order valence-electron chi connectivity index (χ4n) is 2.03. The Morgan fingerprint density at radius 1 is 1.25 bits per heavy atom. The molecular weight excluding hydrogens is 252 g/mol. The standard InChI is InChI=1S/C17H18O3/c1-2-20-17(19)9-5-8-16(18)15-11-10-13-6-3-4-7-14(13)12-15/h3-7,9-12,16,18H,2,8H2,1H3/b9-5+/t16-/m1/s1. The van der Waals surface area contributed by atoms with Gasteiger partial charge >= 0.3 is 5.97 Å². The van der Waals surface area contributed by atoms with Gasteiger partial charge in [-0.3, -0.25) is 0 Å². The largest absolute Gasteiger partial charge is 0.463 e. The summed E-state index contributed by atoms with van der Waals surface area (Å²) in [6.45, 7) is 2.12. The molecule has 0 fully saturated rings. The Hall–Kier alpha value is -2.13. The van der Waals surface area contributed by atoms with Gasteiger partial charge in [-0.15, -0.1) is 0 Å². The highest BCUT2D eigenvalue weighted by molar-refractivity contribution is 5.83. The number of ether oxygens (including phenoxy) is 1. The van der Waals surface area contributed by atoms with Crippen LogP contribution in [0.1, 0.15) is 25.0 Å². The van der Waals surface area contributed by atoms with Crippen molar-refractivity contribution in [2.75, 3.05) is 6.61 Å². The lowest BCUT2D eigenvalue weighted by atomic mass is 10.0. The maximum Gasteiger partial charge on any atom is 0.330 e. The van der Waals surface area contributed by atoms with Gasteiger partial charge in [0.15, 0.2) is 0 Å². The number of esters is 1. The molecule has 0 amide bonds. The number of hydrogen-bond acceptors (Lipinski definition) is 3. The molecule has 0 spiro atoms.